The Kier molecular flexibility index (Phi) is 2.97. The Bertz CT molecular complexity index is 364. The van der Waals surface area contributed by atoms with Gasteiger partial charge in [0.25, 0.3) is 0 Å². The van der Waals surface area contributed by atoms with Gasteiger partial charge in [-0.1, -0.05) is 19.8 Å². The van der Waals surface area contributed by atoms with Crippen LogP contribution in [0.3, 0.4) is 0 Å². The van der Waals surface area contributed by atoms with E-state index in [1.807, 2.05) is 0 Å². The van der Waals surface area contributed by atoms with E-state index in [4.69, 9.17) is 0 Å². The Morgan fingerprint density at radius 1 is 1.24 bits per heavy atom. The zero-order valence-electron chi connectivity index (χ0n) is 11.0. The molecule has 3 rings (SSSR count). The monoisotopic (exact) mass is 232 g/mol. The SMILES string of the molecule is CCc1c[nH]nc1C1CCC2(CCCC2)CC1. The molecule has 2 fully saturated rings. The van der Waals surface area contributed by atoms with Crippen molar-refractivity contribution in [3.05, 3.63) is 17.5 Å². The largest absolute Gasteiger partial charge is 0.285 e. The molecule has 0 unspecified atom stereocenters. The van der Waals surface area contributed by atoms with Gasteiger partial charge in [0.15, 0.2) is 0 Å². The Labute approximate surface area is 104 Å². The fourth-order valence-electron chi connectivity index (χ4n) is 4.09. The molecule has 0 aliphatic heterocycles. The normalized spacial score (nSPS) is 24.5. The molecule has 2 aliphatic rings. The molecule has 1 heterocycles. The van der Waals surface area contributed by atoms with Gasteiger partial charge >= 0.3 is 0 Å². The number of aromatic nitrogens is 2. The molecule has 2 aliphatic carbocycles. The van der Waals surface area contributed by atoms with Crippen LogP contribution in [0.5, 0.6) is 0 Å². The van der Waals surface area contributed by atoms with Gasteiger partial charge in [-0.15, -0.1) is 0 Å². The van der Waals surface area contributed by atoms with Crippen molar-refractivity contribution in [1.29, 1.82) is 0 Å². The fraction of sp³-hybridized carbons (Fsp3) is 0.800. The maximum Gasteiger partial charge on any atom is 0.0684 e. The molecular formula is C15H24N2. The first kappa shape index (κ1) is 11.3. The van der Waals surface area contributed by atoms with E-state index in [-0.39, 0.29) is 0 Å². The average molecular weight is 232 g/mol. The minimum atomic E-state index is 0.738. The van der Waals surface area contributed by atoms with Gasteiger partial charge in [0.05, 0.1) is 5.69 Å². The number of hydrogen-bond donors (Lipinski definition) is 1. The first-order chi connectivity index (χ1) is 8.33. The summed E-state index contributed by atoms with van der Waals surface area (Å²) in [4.78, 5) is 0. The van der Waals surface area contributed by atoms with E-state index in [0.717, 1.165) is 17.8 Å². The third-order valence-corrected chi connectivity index (χ3v) is 5.23. The summed E-state index contributed by atoms with van der Waals surface area (Å²) in [7, 11) is 0. The Morgan fingerprint density at radius 3 is 2.59 bits per heavy atom. The number of hydrogen-bond acceptors (Lipinski definition) is 1. The molecule has 0 atom stereocenters. The highest BCUT2D eigenvalue weighted by Gasteiger charge is 2.38. The maximum atomic E-state index is 4.50. The van der Waals surface area contributed by atoms with Crippen molar-refractivity contribution in [2.75, 3.05) is 0 Å². The third kappa shape index (κ3) is 2.02. The molecule has 1 aromatic heterocycles. The maximum absolute atomic E-state index is 4.50. The fourth-order valence-corrected chi connectivity index (χ4v) is 4.09. The number of rotatable bonds is 2. The van der Waals surface area contributed by atoms with Crippen molar-refractivity contribution in [2.24, 2.45) is 5.41 Å². The second-order valence-corrected chi connectivity index (χ2v) is 6.13. The minimum Gasteiger partial charge on any atom is -0.285 e. The molecule has 1 N–H and O–H groups in total. The van der Waals surface area contributed by atoms with Crippen molar-refractivity contribution in [2.45, 2.75) is 70.6 Å². The Morgan fingerprint density at radius 2 is 1.94 bits per heavy atom. The predicted octanol–water partition coefficient (Wildman–Crippen LogP) is 4.19. The minimum absolute atomic E-state index is 0.738. The van der Waals surface area contributed by atoms with E-state index in [9.17, 15) is 0 Å². The van der Waals surface area contributed by atoms with Crippen molar-refractivity contribution in [3.8, 4) is 0 Å². The Hall–Kier alpha value is -0.790. The molecule has 0 amide bonds. The average Bonchev–Trinajstić information content (AvgIpc) is 3.00. The van der Waals surface area contributed by atoms with Crippen molar-refractivity contribution in [1.82, 2.24) is 10.2 Å². The van der Waals surface area contributed by atoms with Crippen LogP contribution in [-0.2, 0) is 6.42 Å². The molecule has 0 saturated heterocycles. The number of H-pyrrole nitrogens is 1. The molecule has 17 heavy (non-hydrogen) atoms. The standard InChI is InChI=1S/C15H24N2/c1-2-12-11-16-17-14(12)13-5-9-15(10-6-13)7-3-4-8-15/h11,13H,2-10H2,1H3,(H,16,17). The highest BCUT2D eigenvalue weighted by atomic mass is 15.1. The van der Waals surface area contributed by atoms with E-state index in [2.05, 4.69) is 23.3 Å². The summed E-state index contributed by atoms with van der Waals surface area (Å²) in [5, 5.41) is 7.56. The lowest BCUT2D eigenvalue weighted by atomic mass is 9.68. The molecule has 2 nitrogen and oxygen atoms in total. The van der Waals surface area contributed by atoms with Gasteiger partial charge in [0, 0.05) is 12.1 Å². The van der Waals surface area contributed by atoms with Crippen LogP contribution in [0.4, 0.5) is 0 Å². The second-order valence-electron chi connectivity index (χ2n) is 6.13. The van der Waals surface area contributed by atoms with E-state index < -0.39 is 0 Å². The number of nitrogens with zero attached hydrogens (tertiary/aromatic N) is 1. The first-order valence-electron chi connectivity index (χ1n) is 7.35. The van der Waals surface area contributed by atoms with Gasteiger partial charge in [0.2, 0.25) is 0 Å². The van der Waals surface area contributed by atoms with Crippen LogP contribution < -0.4 is 0 Å². The topological polar surface area (TPSA) is 28.7 Å². The summed E-state index contributed by atoms with van der Waals surface area (Å²) in [5.74, 6) is 0.738. The zero-order chi connectivity index (χ0) is 11.7. The van der Waals surface area contributed by atoms with E-state index in [1.165, 1.54) is 62.6 Å². The predicted molar refractivity (Wildman–Crippen MR) is 70.1 cm³/mol. The Balaban J connectivity index is 1.68. The van der Waals surface area contributed by atoms with Crippen LogP contribution in [0.15, 0.2) is 6.20 Å². The number of nitrogens with one attached hydrogen (secondary N) is 1. The summed E-state index contributed by atoms with van der Waals surface area (Å²) < 4.78 is 0. The van der Waals surface area contributed by atoms with Crippen molar-refractivity contribution in [3.63, 3.8) is 0 Å². The molecule has 94 valence electrons. The van der Waals surface area contributed by atoms with E-state index >= 15 is 0 Å². The van der Waals surface area contributed by atoms with Crippen molar-refractivity contribution < 1.29 is 0 Å². The summed E-state index contributed by atoms with van der Waals surface area (Å²) in [6.45, 7) is 2.23. The summed E-state index contributed by atoms with van der Waals surface area (Å²) >= 11 is 0. The van der Waals surface area contributed by atoms with Gasteiger partial charge in [0.1, 0.15) is 0 Å². The van der Waals surface area contributed by atoms with Crippen LogP contribution >= 0.6 is 0 Å². The number of aromatic amines is 1. The van der Waals surface area contributed by atoms with E-state index in [1.54, 1.807) is 0 Å². The van der Waals surface area contributed by atoms with Crippen LogP contribution in [0.25, 0.3) is 0 Å². The summed E-state index contributed by atoms with van der Waals surface area (Å²) in [6.07, 6.45) is 14.8. The smallest absolute Gasteiger partial charge is 0.0684 e. The van der Waals surface area contributed by atoms with Gasteiger partial charge in [-0.25, -0.2) is 0 Å². The quantitative estimate of drug-likeness (QED) is 0.813. The lowest BCUT2D eigenvalue weighted by molar-refractivity contribution is 0.180. The van der Waals surface area contributed by atoms with Gasteiger partial charge in [-0.2, -0.15) is 5.10 Å². The van der Waals surface area contributed by atoms with Crippen LogP contribution in [0.2, 0.25) is 0 Å². The van der Waals surface area contributed by atoms with Gasteiger partial charge in [-0.05, 0) is 55.9 Å². The lowest BCUT2D eigenvalue weighted by Gasteiger charge is -2.37. The number of aryl methyl sites for hydroxylation is 1. The first-order valence-corrected chi connectivity index (χ1v) is 7.35. The van der Waals surface area contributed by atoms with Crippen LogP contribution in [-0.4, -0.2) is 10.2 Å². The van der Waals surface area contributed by atoms with Crippen molar-refractivity contribution >= 4 is 0 Å². The molecule has 2 saturated carbocycles. The molecule has 1 aromatic rings. The zero-order valence-corrected chi connectivity index (χ0v) is 11.0. The highest BCUT2D eigenvalue weighted by molar-refractivity contribution is 5.21. The van der Waals surface area contributed by atoms with Crippen LogP contribution in [0, 0.1) is 5.41 Å². The molecule has 2 heteroatoms. The summed E-state index contributed by atoms with van der Waals surface area (Å²) in [6, 6.07) is 0. The molecule has 0 aromatic carbocycles. The van der Waals surface area contributed by atoms with Crippen LogP contribution in [0.1, 0.15) is 75.5 Å². The lowest BCUT2D eigenvalue weighted by Crippen LogP contribution is -2.24. The molecule has 0 bridgehead atoms. The molecule has 0 radical (unpaired) electrons. The van der Waals surface area contributed by atoms with Gasteiger partial charge in [-0.3, -0.25) is 5.10 Å². The molecular weight excluding hydrogens is 208 g/mol. The highest BCUT2D eigenvalue weighted by Crippen LogP contribution is 2.52. The third-order valence-electron chi connectivity index (χ3n) is 5.23. The molecule has 1 spiro atoms. The van der Waals surface area contributed by atoms with E-state index in [0.29, 0.717) is 0 Å². The van der Waals surface area contributed by atoms with Gasteiger partial charge < -0.3 is 0 Å². The second kappa shape index (κ2) is 4.47. The summed E-state index contributed by atoms with van der Waals surface area (Å²) in [5.41, 5.74) is 3.57.